The lowest BCUT2D eigenvalue weighted by molar-refractivity contribution is -0.00311. The highest BCUT2D eigenvalue weighted by molar-refractivity contribution is 5.97. The van der Waals surface area contributed by atoms with Crippen molar-refractivity contribution in [3.8, 4) is 0 Å². The van der Waals surface area contributed by atoms with Crippen molar-refractivity contribution in [2.24, 2.45) is 0 Å². The molecule has 1 N–H and O–H groups in total. The molecule has 6 nitrogen and oxygen atoms in total. The summed E-state index contributed by atoms with van der Waals surface area (Å²) in [6, 6.07) is 10.8. The SMILES string of the molecule is O=C(C[C@H]1COCCN1C(=O)c1cc(C2CC2)[nH]n1)c1ccccc1. The molecule has 2 aliphatic rings. The number of benzene rings is 1. The Balaban J connectivity index is 1.48. The minimum atomic E-state index is -0.255. The number of H-pyrrole nitrogens is 1. The van der Waals surface area contributed by atoms with Gasteiger partial charge < -0.3 is 9.64 Å². The van der Waals surface area contributed by atoms with Gasteiger partial charge in [-0.25, -0.2) is 0 Å². The van der Waals surface area contributed by atoms with Crippen LogP contribution >= 0.6 is 0 Å². The second-order valence-corrected chi connectivity index (χ2v) is 6.70. The number of hydrogen-bond donors (Lipinski definition) is 1. The number of rotatable bonds is 5. The average molecular weight is 339 g/mol. The van der Waals surface area contributed by atoms with E-state index in [4.69, 9.17) is 4.74 Å². The van der Waals surface area contributed by atoms with E-state index in [9.17, 15) is 9.59 Å². The van der Waals surface area contributed by atoms with Crippen molar-refractivity contribution in [2.45, 2.75) is 31.2 Å². The van der Waals surface area contributed by atoms with Gasteiger partial charge in [0.15, 0.2) is 5.78 Å². The second-order valence-electron chi connectivity index (χ2n) is 6.70. The number of morpholine rings is 1. The number of aromatic amines is 1. The summed E-state index contributed by atoms with van der Waals surface area (Å²) < 4.78 is 5.51. The molecule has 1 aliphatic heterocycles. The largest absolute Gasteiger partial charge is 0.377 e. The summed E-state index contributed by atoms with van der Waals surface area (Å²) in [5, 5.41) is 7.16. The zero-order valence-corrected chi connectivity index (χ0v) is 14.0. The van der Waals surface area contributed by atoms with Crippen molar-refractivity contribution in [1.82, 2.24) is 15.1 Å². The number of carbonyl (C=O) groups excluding carboxylic acids is 2. The van der Waals surface area contributed by atoms with Gasteiger partial charge in [0.2, 0.25) is 0 Å². The van der Waals surface area contributed by atoms with Crippen LogP contribution in [0.1, 0.15) is 51.7 Å². The molecule has 1 aliphatic carbocycles. The molecule has 2 fully saturated rings. The fourth-order valence-electron chi connectivity index (χ4n) is 3.24. The van der Waals surface area contributed by atoms with E-state index in [0.29, 0.717) is 36.9 Å². The van der Waals surface area contributed by atoms with E-state index >= 15 is 0 Å². The third-order valence-corrected chi connectivity index (χ3v) is 4.84. The summed E-state index contributed by atoms with van der Waals surface area (Å²) >= 11 is 0. The van der Waals surface area contributed by atoms with Crippen molar-refractivity contribution in [3.63, 3.8) is 0 Å². The highest BCUT2D eigenvalue weighted by atomic mass is 16.5. The van der Waals surface area contributed by atoms with Gasteiger partial charge in [-0.3, -0.25) is 14.7 Å². The van der Waals surface area contributed by atoms with Gasteiger partial charge in [0.25, 0.3) is 5.91 Å². The van der Waals surface area contributed by atoms with Crippen molar-refractivity contribution in [3.05, 3.63) is 53.3 Å². The van der Waals surface area contributed by atoms with Gasteiger partial charge >= 0.3 is 0 Å². The molecule has 25 heavy (non-hydrogen) atoms. The first-order valence-corrected chi connectivity index (χ1v) is 8.74. The first kappa shape index (κ1) is 16.0. The van der Waals surface area contributed by atoms with Gasteiger partial charge in [-0.15, -0.1) is 0 Å². The lowest BCUT2D eigenvalue weighted by Gasteiger charge is -2.34. The van der Waals surface area contributed by atoms with Crippen LogP contribution < -0.4 is 0 Å². The molecule has 130 valence electrons. The number of nitrogens with zero attached hydrogens (tertiary/aromatic N) is 2. The van der Waals surface area contributed by atoms with E-state index in [2.05, 4.69) is 10.2 Å². The number of amides is 1. The van der Waals surface area contributed by atoms with Crippen LogP contribution in [0.15, 0.2) is 36.4 Å². The summed E-state index contributed by atoms with van der Waals surface area (Å²) in [6.07, 6.45) is 2.57. The van der Waals surface area contributed by atoms with Crippen LogP contribution in [0.2, 0.25) is 0 Å². The molecule has 4 rings (SSSR count). The Kier molecular flexibility index (Phi) is 4.36. The number of Topliss-reactive ketones (excluding diaryl/α,β-unsaturated/α-hetero) is 1. The maximum absolute atomic E-state index is 12.9. The Hall–Kier alpha value is -2.47. The number of ether oxygens (including phenoxy) is 1. The molecule has 0 radical (unpaired) electrons. The fraction of sp³-hybridized carbons (Fsp3) is 0.421. The summed E-state index contributed by atoms with van der Waals surface area (Å²) in [6.45, 7) is 1.35. The van der Waals surface area contributed by atoms with Crippen LogP contribution in [-0.2, 0) is 4.74 Å². The van der Waals surface area contributed by atoms with Crippen molar-refractivity contribution in [2.75, 3.05) is 19.8 Å². The zero-order chi connectivity index (χ0) is 17.2. The molecule has 6 heteroatoms. The predicted octanol–water partition coefficient (Wildman–Crippen LogP) is 2.40. The number of aromatic nitrogens is 2. The summed E-state index contributed by atoms with van der Waals surface area (Å²) in [4.78, 5) is 27.1. The van der Waals surface area contributed by atoms with Gasteiger partial charge in [0.05, 0.1) is 19.3 Å². The van der Waals surface area contributed by atoms with Gasteiger partial charge in [-0.1, -0.05) is 30.3 Å². The Morgan fingerprint density at radius 1 is 1.24 bits per heavy atom. The summed E-state index contributed by atoms with van der Waals surface area (Å²) in [7, 11) is 0. The first-order valence-electron chi connectivity index (χ1n) is 8.74. The van der Waals surface area contributed by atoms with E-state index in [1.807, 2.05) is 24.3 Å². The standard InChI is InChI=1S/C19H21N3O3/c23-18(14-4-2-1-3-5-14)10-15-12-25-9-8-22(15)19(24)17-11-16(20-21-17)13-6-7-13/h1-5,11,13,15H,6-10,12H2,(H,20,21)/t15-/m0/s1. The topological polar surface area (TPSA) is 75.3 Å². The first-order chi connectivity index (χ1) is 12.2. The molecule has 1 saturated carbocycles. The van der Waals surface area contributed by atoms with Gasteiger partial charge in [0.1, 0.15) is 5.69 Å². The lowest BCUT2D eigenvalue weighted by atomic mass is 10.0. The van der Waals surface area contributed by atoms with Crippen LogP contribution in [-0.4, -0.2) is 52.6 Å². The molecule has 1 aromatic carbocycles. The molecule has 0 unspecified atom stereocenters. The molecule has 1 aromatic heterocycles. The van der Waals surface area contributed by atoms with Crippen LogP contribution in [0.25, 0.3) is 0 Å². The second kappa shape index (κ2) is 6.80. The van der Waals surface area contributed by atoms with Crippen LogP contribution in [0.5, 0.6) is 0 Å². The number of ketones is 1. The van der Waals surface area contributed by atoms with Gasteiger partial charge in [-0.2, -0.15) is 5.10 Å². The Morgan fingerprint density at radius 3 is 2.80 bits per heavy atom. The summed E-state index contributed by atoms with van der Waals surface area (Å²) in [5.41, 5.74) is 2.13. The Labute approximate surface area is 146 Å². The minimum absolute atomic E-state index is 0.0228. The lowest BCUT2D eigenvalue weighted by Crippen LogP contribution is -2.49. The van der Waals surface area contributed by atoms with E-state index < -0.39 is 0 Å². The smallest absolute Gasteiger partial charge is 0.274 e. The van der Waals surface area contributed by atoms with Gasteiger partial charge in [-0.05, 0) is 18.9 Å². The molecular formula is C19H21N3O3. The van der Waals surface area contributed by atoms with Crippen molar-refractivity contribution in [1.29, 1.82) is 0 Å². The molecule has 1 amide bonds. The van der Waals surface area contributed by atoms with E-state index in [0.717, 1.165) is 18.5 Å². The van der Waals surface area contributed by atoms with Gasteiger partial charge in [0, 0.05) is 30.1 Å². The van der Waals surface area contributed by atoms with Crippen LogP contribution in [0, 0.1) is 0 Å². The predicted molar refractivity (Wildman–Crippen MR) is 91.6 cm³/mol. The molecule has 1 atom stereocenters. The molecule has 0 spiro atoms. The Morgan fingerprint density at radius 2 is 2.04 bits per heavy atom. The van der Waals surface area contributed by atoms with Crippen LogP contribution in [0.4, 0.5) is 0 Å². The van der Waals surface area contributed by atoms with Crippen molar-refractivity contribution >= 4 is 11.7 Å². The molecule has 2 aromatic rings. The summed E-state index contributed by atoms with van der Waals surface area (Å²) in [5.74, 6) is 0.418. The highest BCUT2D eigenvalue weighted by Crippen LogP contribution is 2.39. The van der Waals surface area contributed by atoms with E-state index in [1.165, 1.54) is 0 Å². The maximum atomic E-state index is 12.9. The highest BCUT2D eigenvalue weighted by Gasteiger charge is 2.32. The average Bonchev–Trinajstić information content (AvgIpc) is 3.39. The number of hydrogen-bond acceptors (Lipinski definition) is 4. The fourth-order valence-corrected chi connectivity index (χ4v) is 3.24. The molecule has 2 heterocycles. The zero-order valence-electron chi connectivity index (χ0n) is 14.0. The molecule has 0 bridgehead atoms. The number of carbonyl (C=O) groups is 2. The molecular weight excluding hydrogens is 318 g/mol. The van der Waals surface area contributed by atoms with Crippen molar-refractivity contribution < 1.29 is 14.3 Å². The van der Waals surface area contributed by atoms with E-state index in [-0.39, 0.29) is 24.2 Å². The Bertz CT molecular complexity index is 767. The third kappa shape index (κ3) is 3.49. The maximum Gasteiger partial charge on any atom is 0.274 e. The third-order valence-electron chi connectivity index (χ3n) is 4.84. The monoisotopic (exact) mass is 339 g/mol. The number of nitrogens with one attached hydrogen (secondary N) is 1. The minimum Gasteiger partial charge on any atom is -0.377 e. The quantitative estimate of drug-likeness (QED) is 0.849. The normalized spacial score (nSPS) is 20.5. The van der Waals surface area contributed by atoms with Crippen LogP contribution in [0.3, 0.4) is 0 Å². The molecule has 1 saturated heterocycles. The van der Waals surface area contributed by atoms with E-state index in [1.54, 1.807) is 17.0 Å².